The predicted molar refractivity (Wildman–Crippen MR) is 132 cm³/mol. The second-order valence-corrected chi connectivity index (χ2v) is 9.35. The highest BCUT2D eigenvalue weighted by atomic mass is 32.1. The van der Waals surface area contributed by atoms with E-state index >= 15 is 0 Å². The first-order chi connectivity index (χ1) is 15.7. The number of rotatable bonds is 5. The van der Waals surface area contributed by atoms with E-state index in [0.29, 0.717) is 33.5 Å². The van der Waals surface area contributed by atoms with Gasteiger partial charge in [-0.3, -0.25) is 14.6 Å². The van der Waals surface area contributed by atoms with Gasteiger partial charge in [-0.2, -0.15) is 4.37 Å². The number of benzene rings is 2. The lowest BCUT2D eigenvalue weighted by Crippen LogP contribution is -2.27. The average Bonchev–Trinajstić information content (AvgIpc) is 3.14. The zero-order valence-corrected chi connectivity index (χ0v) is 19.6. The molecular formula is C24H24N6O2S. The molecule has 0 atom stereocenters. The Bertz CT molecular complexity index is 1330. The standard InChI is InChI=1S/C24H24N6O2S/c1-14-20(21(31)26-15-9-11-16(12-10-15)27-23(32)24(2,3)4)22(33-30-14)29-19-13-25-17-7-5-6-8-18(17)28-19/h5-13H,1-4H3,(H,26,31)(H,27,32)(H,28,29). The van der Waals surface area contributed by atoms with Gasteiger partial charge in [0.05, 0.1) is 28.5 Å². The Balaban J connectivity index is 1.48. The molecule has 0 aliphatic carbocycles. The van der Waals surface area contributed by atoms with Gasteiger partial charge in [0.15, 0.2) is 0 Å². The summed E-state index contributed by atoms with van der Waals surface area (Å²) in [4.78, 5) is 34.1. The number of nitrogens with one attached hydrogen (secondary N) is 3. The van der Waals surface area contributed by atoms with Gasteiger partial charge >= 0.3 is 0 Å². The van der Waals surface area contributed by atoms with Gasteiger partial charge in [0, 0.05) is 16.8 Å². The van der Waals surface area contributed by atoms with Crippen LogP contribution in [0, 0.1) is 12.3 Å². The van der Waals surface area contributed by atoms with Crippen molar-refractivity contribution in [1.29, 1.82) is 0 Å². The molecule has 9 heteroatoms. The second kappa shape index (κ2) is 8.95. The first-order valence-corrected chi connectivity index (χ1v) is 11.2. The number of carbonyl (C=O) groups excluding carboxylic acids is 2. The summed E-state index contributed by atoms with van der Waals surface area (Å²) in [6.07, 6.45) is 1.63. The Labute approximate surface area is 195 Å². The maximum atomic E-state index is 13.0. The van der Waals surface area contributed by atoms with E-state index in [4.69, 9.17) is 0 Å². The van der Waals surface area contributed by atoms with Crippen molar-refractivity contribution in [3.8, 4) is 0 Å². The smallest absolute Gasteiger partial charge is 0.260 e. The molecule has 4 aromatic rings. The summed E-state index contributed by atoms with van der Waals surface area (Å²) in [5.74, 6) is 0.168. The van der Waals surface area contributed by atoms with E-state index < -0.39 is 5.41 Å². The highest BCUT2D eigenvalue weighted by Crippen LogP contribution is 2.29. The van der Waals surface area contributed by atoms with Crippen molar-refractivity contribution in [2.75, 3.05) is 16.0 Å². The van der Waals surface area contributed by atoms with Gasteiger partial charge in [0.25, 0.3) is 5.91 Å². The Hall–Kier alpha value is -3.85. The fourth-order valence-corrected chi connectivity index (χ4v) is 3.81. The van der Waals surface area contributed by atoms with E-state index in [1.807, 2.05) is 45.0 Å². The molecule has 0 aliphatic rings. The van der Waals surface area contributed by atoms with Crippen molar-refractivity contribution in [2.45, 2.75) is 27.7 Å². The van der Waals surface area contributed by atoms with Gasteiger partial charge in [0.2, 0.25) is 5.91 Å². The summed E-state index contributed by atoms with van der Waals surface area (Å²) in [6, 6.07) is 14.6. The lowest BCUT2D eigenvalue weighted by Gasteiger charge is -2.17. The number of hydrogen-bond acceptors (Lipinski definition) is 7. The molecule has 168 valence electrons. The van der Waals surface area contributed by atoms with Crippen molar-refractivity contribution in [2.24, 2.45) is 5.41 Å². The van der Waals surface area contributed by atoms with E-state index in [1.165, 1.54) is 11.5 Å². The number of aryl methyl sites for hydroxylation is 1. The van der Waals surface area contributed by atoms with Gasteiger partial charge in [0.1, 0.15) is 10.8 Å². The summed E-state index contributed by atoms with van der Waals surface area (Å²) in [5, 5.41) is 9.51. The van der Waals surface area contributed by atoms with Crippen LogP contribution in [0.5, 0.6) is 0 Å². The number of amides is 2. The zero-order chi connectivity index (χ0) is 23.6. The fourth-order valence-electron chi connectivity index (χ4n) is 3.01. The van der Waals surface area contributed by atoms with Gasteiger partial charge in [-0.25, -0.2) is 4.98 Å². The third-order valence-corrected chi connectivity index (χ3v) is 5.72. The molecule has 0 aliphatic heterocycles. The SMILES string of the molecule is Cc1nsc(Nc2cnc3ccccc3n2)c1C(=O)Nc1ccc(NC(=O)C(C)(C)C)cc1. The molecule has 0 fully saturated rings. The van der Waals surface area contributed by atoms with Crippen molar-refractivity contribution < 1.29 is 9.59 Å². The Morgan fingerprint density at radius 3 is 2.21 bits per heavy atom. The van der Waals surface area contributed by atoms with Crippen LogP contribution in [0.2, 0.25) is 0 Å². The molecule has 2 heterocycles. The quantitative estimate of drug-likeness (QED) is 0.369. The number of aromatic nitrogens is 3. The number of hydrogen-bond donors (Lipinski definition) is 3. The first kappa shape index (κ1) is 22.3. The van der Waals surface area contributed by atoms with Crippen molar-refractivity contribution in [3.05, 3.63) is 66.0 Å². The van der Waals surface area contributed by atoms with Gasteiger partial charge < -0.3 is 16.0 Å². The molecule has 0 unspecified atom stereocenters. The molecule has 0 saturated heterocycles. The number of carbonyl (C=O) groups is 2. The largest absolute Gasteiger partial charge is 0.329 e. The number of fused-ring (bicyclic) bond motifs is 1. The molecule has 8 nitrogen and oxygen atoms in total. The summed E-state index contributed by atoms with van der Waals surface area (Å²) >= 11 is 1.19. The van der Waals surface area contributed by atoms with Crippen molar-refractivity contribution in [3.63, 3.8) is 0 Å². The minimum atomic E-state index is -0.491. The maximum absolute atomic E-state index is 13.0. The van der Waals surface area contributed by atoms with Crippen LogP contribution in [-0.2, 0) is 4.79 Å². The molecule has 2 aromatic carbocycles. The minimum absolute atomic E-state index is 0.0771. The van der Waals surface area contributed by atoms with Gasteiger partial charge in [-0.1, -0.05) is 32.9 Å². The topological polar surface area (TPSA) is 109 Å². The normalized spacial score (nSPS) is 11.3. The summed E-state index contributed by atoms with van der Waals surface area (Å²) < 4.78 is 4.33. The van der Waals surface area contributed by atoms with Crippen molar-refractivity contribution >= 4 is 56.6 Å². The van der Waals surface area contributed by atoms with E-state index in [0.717, 1.165) is 11.0 Å². The van der Waals surface area contributed by atoms with Crippen LogP contribution in [0.4, 0.5) is 22.2 Å². The average molecular weight is 461 g/mol. The Kier molecular flexibility index (Phi) is 6.06. The second-order valence-electron chi connectivity index (χ2n) is 8.58. The summed E-state index contributed by atoms with van der Waals surface area (Å²) in [7, 11) is 0. The highest BCUT2D eigenvalue weighted by Gasteiger charge is 2.22. The molecule has 2 amide bonds. The van der Waals surface area contributed by atoms with Crippen LogP contribution in [0.15, 0.2) is 54.7 Å². The molecular weight excluding hydrogens is 436 g/mol. The molecule has 0 radical (unpaired) electrons. The molecule has 0 saturated carbocycles. The Morgan fingerprint density at radius 1 is 0.909 bits per heavy atom. The monoisotopic (exact) mass is 460 g/mol. The van der Waals surface area contributed by atoms with Crippen LogP contribution >= 0.6 is 11.5 Å². The van der Waals surface area contributed by atoms with Crippen molar-refractivity contribution in [1.82, 2.24) is 14.3 Å². The highest BCUT2D eigenvalue weighted by molar-refractivity contribution is 7.10. The Morgan fingerprint density at radius 2 is 1.55 bits per heavy atom. The van der Waals surface area contributed by atoms with Gasteiger partial charge in [-0.15, -0.1) is 0 Å². The number of para-hydroxylation sites is 2. The molecule has 3 N–H and O–H groups in total. The number of nitrogens with zero attached hydrogens (tertiary/aromatic N) is 3. The molecule has 2 aromatic heterocycles. The van der Waals surface area contributed by atoms with Crippen LogP contribution in [0.1, 0.15) is 36.8 Å². The molecule has 4 rings (SSSR count). The lowest BCUT2D eigenvalue weighted by atomic mass is 9.95. The molecule has 33 heavy (non-hydrogen) atoms. The fraction of sp³-hybridized carbons (Fsp3) is 0.208. The van der Waals surface area contributed by atoms with Gasteiger partial charge in [-0.05, 0) is 54.9 Å². The van der Waals surface area contributed by atoms with E-state index in [9.17, 15) is 9.59 Å². The predicted octanol–water partition coefficient (Wildman–Crippen LogP) is 5.38. The molecule has 0 spiro atoms. The molecule has 0 bridgehead atoms. The van der Waals surface area contributed by atoms with E-state index in [2.05, 4.69) is 30.3 Å². The van der Waals surface area contributed by atoms with E-state index in [1.54, 1.807) is 37.4 Å². The lowest BCUT2D eigenvalue weighted by molar-refractivity contribution is -0.123. The first-order valence-electron chi connectivity index (χ1n) is 10.4. The van der Waals surface area contributed by atoms with Crippen LogP contribution < -0.4 is 16.0 Å². The summed E-state index contributed by atoms with van der Waals surface area (Å²) in [6.45, 7) is 7.34. The van der Waals surface area contributed by atoms with E-state index in [-0.39, 0.29) is 11.8 Å². The van der Waals surface area contributed by atoms with Crippen LogP contribution in [-0.4, -0.2) is 26.2 Å². The third kappa shape index (κ3) is 5.15. The van der Waals surface area contributed by atoms with Crippen LogP contribution in [0.25, 0.3) is 11.0 Å². The number of anilines is 4. The zero-order valence-electron chi connectivity index (χ0n) is 18.8. The summed E-state index contributed by atoms with van der Waals surface area (Å²) in [5.41, 5.74) is 3.39. The third-order valence-electron chi connectivity index (χ3n) is 4.86. The van der Waals surface area contributed by atoms with Crippen LogP contribution in [0.3, 0.4) is 0 Å². The maximum Gasteiger partial charge on any atom is 0.260 e. The minimum Gasteiger partial charge on any atom is -0.329 e.